The molecule has 0 N–H and O–H groups in total. The highest BCUT2D eigenvalue weighted by Gasteiger charge is 2.52. The van der Waals surface area contributed by atoms with Gasteiger partial charge in [-0.05, 0) is 27.7 Å². The summed E-state index contributed by atoms with van der Waals surface area (Å²) in [5.41, 5.74) is -1.79. The van der Waals surface area contributed by atoms with Crippen LogP contribution in [0.15, 0.2) is 0 Å². The van der Waals surface area contributed by atoms with Crippen molar-refractivity contribution in [2.45, 2.75) is 52.2 Å². The first-order valence-corrected chi connectivity index (χ1v) is 5.59. The Balaban J connectivity index is 3.00. The molecule has 0 saturated carbocycles. The van der Waals surface area contributed by atoms with Gasteiger partial charge in [-0.25, -0.2) is 9.69 Å². The first kappa shape index (κ1) is 13.5. The number of ether oxygens (including phenoxy) is 1. The Labute approximate surface area is 101 Å². The highest BCUT2D eigenvalue weighted by molar-refractivity contribution is 5.96. The Morgan fingerprint density at radius 3 is 2.53 bits per heavy atom. The van der Waals surface area contributed by atoms with E-state index in [9.17, 15) is 14.9 Å². The third kappa shape index (κ3) is 2.41. The van der Waals surface area contributed by atoms with E-state index in [-0.39, 0.29) is 18.2 Å². The summed E-state index contributed by atoms with van der Waals surface area (Å²) in [5, 5.41) is 9.18. The van der Waals surface area contributed by atoms with Crippen LogP contribution in [-0.2, 0) is 9.53 Å². The van der Waals surface area contributed by atoms with Crippen molar-refractivity contribution in [3.63, 3.8) is 0 Å². The molecule has 0 aliphatic carbocycles. The van der Waals surface area contributed by atoms with Gasteiger partial charge in [0.2, 0.25) is 5.91 Å². The molecule has 1 fully saturated rings. The minimum absolute atomic E-state index is 0.187. The normalized spacial score (nSPS) is 29.1. The van der Waals surface area contributed by atoms with Crippen molar-refractivity contribution < 1.29 is 14.3 Å². The second-order valence-corrected chi connectivity index (χ2v) is 5.57. The van der Waals surface area contributed by atoms with Crippen LogP contribution in [0.2, 0.25) is 0 Å². The first-order valence-electron chi connectivity index (χ1n) is 5.59. The van der Waals surface area contributed by atoms with Crippen molar-refractivity contribution in [2.75, 3.05) is 0 Å². The number of carbonyl (C=O) groups excluding carboxylic acids is 2. The molecule has 17 heavy (non-hydrogen) atoms. The molecule has 1 saturated heterocycles. The number of rotatable bonds is 0. The SMILES string of the molecule is C[C@@H]1CC(=O)N(C(=O)OC(C)(C)C)[C@]1(C)C#N. The Kier molecular flexibility index (Phi) is 3.19. The van der Waals surface area contributed by atoms with E-state index in [1.54, 1.807) is 34.6 Å². The Morgan fingerprint density at radius 2 is 2.12 bits per heavy atom. The highest BCUT2D eigenvalue weighted by Crippen LogP contribution is 2.35. The van der Waals surface area contributed by atoms with E-state index in [0.29, 0.717) is 0 Å². The number of imide groups is 1. The van der Waals surface area contributed by atoms with Crippen LogP contribution in [0.5, 0.6) is 0 Å². The minimum Gasteiger partial charge on any atom is -0.443 e. The van der Waals surface area contributed by atoms with Gasteiger partial charge in [0, 0.05) is 12.3 Å². The quantitative estimate of drug-likeness (QED) is 0.647. The summed E-state index contributed by atoms with van der Waals surface area (Å²) in [5.74, 6) is -0.539. The first-order chi connectivity index (χ1) is 7.62. The Bertz CT molecular complexity index is 392. The molecular formula is C12H18N2O3. The molecule has 1 rings (SSSR count). The van der Waals surface area contributed by atoms with E-state index in [1.807, 2.05) is 6.07 Å². The minimum atomic E-state index is -1.11. The van der Waals surface area contributed by atoms with Crippen LogP contribution in [0.3, 0.4) is 0 Å². The molecular weight excluding hydrogens is 220 g/mol. The lowest BCUT2D eigenvalue weighted by molar-refractivity contribution is -0.128. The zero-order valence-corrected chi connectivity index (χ0v) is 10.9. The summed E-state index contributed by atoms with van der Waals surface area (Å²) in [6, 6.07) is 2.04. The molecule has 5 nitrogen and oxygen atoms in total. The van der Waals surface area contributed by atoms with Crippen LogP contribution in [0.1, 0.15) is 41.0 Å². The predicted octanol–water partition coefficient (Wildman–Crippen LogP) is 2.07. The molecule has 2 atom stereocenters. The van der Waals surface area contributed by atoms with E-state index in [4.69, 9.17) is 4.74 Å². The molecule has 0 aromatic carbocycles. The maximum absolute atomic E-state index is 11.9. The monoisotopic (exact) mass is 238 g/mol. The Hall–Kier alpha value is -1.57. The van der Waals surface area contributed by atoms with Crippen molar-refractivity contribution in [2.24, 2.45) is 5.92 Å². The van der Waals surface area contributed by atoms with E-state index in [1.165, 1.54) is 0 Å². The van der Waals surface area contributed by atoms with E-state index < -0.39 is 17.2 Å². The topological polar surface area (TPSA) is 70.4 Å². The van der Waals surface area contributed by atoms with Crippen molar-refractivity contribution in [3.05, 3.63) is 0 Å². The molecule has 1 aliphatic rings. The van der Waals surface area contributed by atoms with Crippen molar-refractivity contribution >= 4 is 12.0 Å². The smallest absolute Gasteiger partial charge is 0.418 e. The third-order valence-corrected chi connectivity index (χ3v) is 2.96. The van der Waals surface area contributed by atoms with Gasteiger partial charge < -0.3 is 4.74 Å². The summed E-state index contributed by atoms with van der Waals surface area (Å²) in [6.07, 6.45) is -0.542. The summed E-state index contributed by atoms with van der Waals surface area (Å²) in [6.45, 7) is 8.54. The number of nitrogens with zero attached hydrogens (tertiary/aromatic N) is 2. The van der Waals surface area contributed by atoms with Gasteiger partial charge in [0.25, 0.3) is 0 Å². The second kappa shape index (κ2) is 4.02. The van der Waals surface area contributed by atoms with Crippen LogP contribution in [0.25, 0.3) is 0 Å². The molecule has 0 bridgehead atoms. The Morgan fingerprint density at radius 1 is 1.59 bits per heavy atom. The van der Waals surface area contributed by atoms with E-state index in [2.05, 4.69) is 0 Å². The number of hydrogen-bond acceptors (Lipinski definition) is 4. The average molecular weight is 238 g/mol. The summed E-state index contributed by atoms with van der Waals surface area (Å²) in [7, 11) is 0. The van der Waals surface area contributed by atoms with Crippen LogP contribution in [0, 0.1) is 17.2 Å². The highest BCUT2D eigenvalue weighted by atomic mass is 16.6. The van der Waals surface area contributed by atoms with Crippen molar-refractivity contribution in [1.82, 2.24) is 4.90 Å². The lowest BCUT2D eigenvalue weighted by Gasteiger charge is -2.31. The van der Waals surface area contributed by atoms with Crippen LogP contribution >= 0.6 is 0 Å². The summed E-state index contributed by atoms with van der Waals surface area (Å²) < 4.78 is 5.15. The summed E-state index contributed by atoms with van der Waals surface area (Å²) in [4.78, 5) is 24.6. The number of likely N-dealkylation sites (tertiary alicyclic amines) is 1. The third-order valence-electron chi connectivity index (χ3n) is 2.96. The van der Waals surface area contributed by atoms with Crippen LogP contribution < -0.4 is 0 Å². The molecule has 1 heterocycles. The molecule has 5 heteroatoms. The largest absolute Gasteiger partial charge is 0.443 e. The number of nitriles is 1. The maximum atomic E-state index is 11.9. The van der Waals surface area contributed by atoms with Crippen molar-refractivity contribution in [1.29, 1.82) is 5.26 Å². The molecule has 94 valence electrons. The fraction of sp³-hybridized carbons (Fsp3) is 0.750. The van der Waals surface area contributed by atoms with Crippen molar-refractivity contribution in [3.8, 4) is 6.07 Å². The zero-order chi connectivity index (χ0) is 13.4. The molecule has 0 unspecified atom stereocenters. The van der Waals surface area contributed by atoms with Crippen LogP contribution in [0.4, 0.5) is 4.79 Å². The molecule has 1 aliphatic heterocycles. The van der Waals surface area contributed by atoms with Gasteiger partial charge in [-0.3, -0.25) is 4.79 Å². The van der Waals surface area contributed by atoms with Gasteiger partial charge in [-0.1, -0.05) is 6.92 Å². The standard InChI is InChI=1S/C12H18N2O3/c1-8-6-9(15)14(12(8,5)7-13)10(16)17-11(2,3)4/h8H,6H2,1-5H3/t8-,12-/m1/s1. The van der Waals surface area contributed by atoms with E-state index >= 15 is 0 Å². The number of hydrogen-bond donors (Lipinski definition) is 0. The van der Waals surface area contributed by atoms with E-state index in [0.717, 1.165) is 4.90 Å². The number of carbonyl (C=O) groups is 2. The fourth-order valence-electron chi connectivity index (χ4n) is 1.79. The maximum Gasteiger partial charge on any atom is 0.418 e. The number of amides is 2. The van der Waals surface area contributed by atoms with Gasteiger partial charge in [-0.2, -0.15) is 5.26 Å². The average Bonchev–Trinajstić information content (AvgIpc) is 2.35. The van der Waals surface area contributed by atoms with Gasteiger partial charge in [0.1, 0.15) is 11.1 Å². The molecule has 0 aromatic heterocycles. The van der Waals surface area contributed by atoms with Gasteiger partial charge in [0.05, 0.1) is 6.07 Å². The molecule has 0 radical (unpaired) electrons. The van der Waals surface area contributed by atoms with Gasteiger partial charge in [0.15, 0.2) is 0 Å². The zero-order valence-electron chi connectivity index (χ0n) is 10.9. The fourth-order valence-corrected chi connectivity index (χ4v) is 1.79. The summed E-state index contributed by atoms with van der Waals surface area (Å²) >= 11 is 0. The van der Waals surface area contributed by atoms with Gasteiger partial charge in [-0.15, -0.1) is 0 Å². The second-order valence-electron chi connectivity index (χ2n) is 5.57. The molecule has 0 aromatic rings. The molecule has 2 amide bonds. The molecule has 0 spiro atoms. The lowest BCUT2D eigenvalue weighted by Crippen LogP contribution is -2.50. The lowest BCUT2D eigenvalue weighted by atomic mass is 9.90. The van der Waals surface area contributed by atoms with Gasteiger partial charge >= 0.3 is 6.09 Å². The van der Waals surface area contributed by atoms with Crippen LogP contribution in [-0.4, -0.2) is 28.0 Å². The predicted molar refractivity (Wildman–Crippen MR) is 60.9 cm³/mol.